The first-order valence-corrected chi connectivity index (χ1v) is 4.99. The zero-order chi connectivity index (χ0) is 11.4. The highest BCUT2D eigenvalue weighted by atomic mass is 32.1. The summed E-state index contributed by atoms with van der Waals surface area (Å²) in [5, 5.41) is 36.2. The van der Waals surface area contributed by atoms with Crippen LogP contribution in [0.5, 0.6) is 0 Å². The fourth-order valence-electron chi connectivity index (χ4n) is 0.988. The molecule has 4 N–H and O–H groups in total. The normalized spacial score (nSPS) is 14.9. The number of carbonyl (C=O) groups is 1. The number of thiazole rings is 1. The predicted molar refractivity (Wildman–Crippen MR) is 51.3 cm³/mol. The van der Waals surface area contributed by atoms with Crippen molar-refractivity contribution >= 4 is 17.3 Å². The van der Waals surface area contributed by atoms with Crippen LogP contribution in [-0.2, 0) is 11.4 Å². The lowest BCUT2D eigenvalue weighted by molar-refractivity contribution is -0.141. The third-order valence-corrected chi connectivity index (χ3v) is 2.78. The van der Waals surface area contributed by atoms with Crippen LogP contribution in [0.4, 0.5) is 0 Å². The summed E-state index contributed by atoms with van der Waals surface area (Å²) in [6.07, 6.45) is -1.89. The van der Waals surface area contributed by atoms with Crippen LogP contribution in [0, 0.1) is 0 Å². The van der Waals surface area contributed by atoms with Gasteiger partial charge in [-0.25, -0.2) is 4.98 Å². The van der Waals surface area contributed by atoms with Gasteiger partial charge in [0.15, 0.2) is 0 Å². The summed E-state index contributed by atoms with van der Waals surface area (Å²) in [6, 6.07) is 0. The van der Waals surface area contributed by atoms with Crippen molar-refractivity contribution in [1.82, 2.24) is 4.98 Å². The molecule has 2 unspecified atom stereocenters. The lowest BCUT2D eigenvalue weighted by atomic mass is 10.1. The molecule has 84 valence electrons. The lowest BCUT2D eigenvalue weighted by Gasteiger charge is -2.12. The summed E-state index contributed by atoms with van der Waals surface area (Å²) >= 11 is 1.03. The van der Waals surface area contributed by atoms with Crippen LogP contribution in [0.25, 0.3) is 0 Å². The number of hydrogen-bond donors (Lipinski definition) is 4. The topological polar surface area (TPSA) is 111 Å². The molecule has 2 atom stereocenters. The Morgan fingerprint density at radius 3 is 2.67 bits per heavy atom. The van der Waals surface area contributed by atoms with E-state index in [2.05, 4.69) is 4.98 Å². The second kappa shape index (κ2) is 5.17. The monoisotopic (exact) mass is 233 g/mol. The Bertz CT molecular complexity index is 340. The maximum atomic E-state index is 10.3. The van der Waals surface area contributed by atoms with Crippen molar-refractivity contribution in [3.8, 4) is 0 Å². The van der Waals surface area contributed by atoms with E-state index in [1.807, 2.05) is 0 Å². The molecule has 1 rings (SSSR count). The van der Waals surface area contributed by atoms with E-state index in [1.165, 1.54) is 6.20 Å². The zero-order valence-electron chi connectivity index (χ0n) is 7.70. The van der Waals surface area contributed by atoms with Crippen molar-refractivity contribution in [3.63, 3.8) is 0 Å². The van der Waals surface area contributed by atoms with Crippen LogP contribution in [0.2, 0.25) is 0 Å². The van der Waals surface area contributed by atoms with Gasteiger partial charge < -0.3 is 20.4 Å². The lowest BCUT2D eigenvalue weighted by Crippen LogP contribution is -2.21. The molecule has 0 spiro atoms. The first kappa shape index (κ1) is 12.1. The summed E-state index contributed by atoms with van der Waals surface area (Å²) in [7, 11) is 0. The largest absolute Gasteiger partial charge is 0.481 e. The second-order valence-electron chi connectivity index (χ2n) is 2.93. The molecule has 0 aromatic carbocycles. The Balaban J connectivity index is 2.66. The van der Waals surface area contributed by atoms with E-state index in [0.29, 0.717) is 4.88 Å². The van der Waals surface area contributed by atoms with Crippen LogP contribution in [0.1, 0.15) is 22.4 Å². The number of hydrogen-bond acceptors (Lipinski definition) is 6. The van der Waals surface area contributed by atoms with Crippen molar-refractivity contribution in [2.75, 3.05) is 0 Å². The minimum atomic E-state index is -1.39. The van der Waals surface area contributed by atoms with Crippen LogP contribution in [0.3, 0.4) is 0 Å². The second-order valence-corrected chi connectivity index (χ2v) is 4.08. The number of aromatic nitrogens is 1. The highest BCUT2D eigenvalue weighted by Crippen LogP contribution is 2.23. The third kappa shape index (κ3) is 3.24. The Hall–Kier alpha value is -1.02. The van der Waals surface area contributed by atoms with Crippen LogP contribution in [0.15, 0.2) is 6.20 Å². The van der Waals surface area contributed by atoms with Gasteiger partial charge in [-0.2, -0.15) is 0 Å². The highest BCUT2D eigenvalue weighted by molar-refractivity contribution is 7.11. The van der Waals surface area contributed by atoms with E-state index < -0.39 is 24.6 Å². The molecule has 0 fully saturated rings. The van der Waals surface area contributed by atoms with Gasteiger partial charge in [0, 0.05) is 6.20 Å². The standard InChI is InChI=1S/C8H11NO5S/c10-3-4-2-9-8(15-4)7(14)5(11)1-6(12)13/h2,5,7,10-11,14H,1,3H2,(H,12,13). The number of carboxylic acid groups (broad SMARTS) is 1. The molecule has 0 aliphatic heterocycles. The van der Waals surface area contributed by atoms with Gasteiger partial charge in [0.1, 0.15) is 11.1 Å². The minimum Gasteiger partial charge on any atom is -0.481 e. The summed E-state index contributed by atoms with van der Waals surface area (Å²) < 4.78 is 0. The average Bonchev–Trinajstić information content (AvgIpc) is 2.63. The van der Waals surface area contributed by atoms with Gasteiger partial charge in [0.25, 0.3) is 0 Å². The zero-order valence-corrected chi connectivity index (χ0v) is 8.52. The minimum absolute atomic E-state index is 0.195. The molecular weight excluding hydrogens is 222 g/mol. The number of nitrogens with zero attached hydrogens (tertiary/aromatic N) is 1. The van der Waals surface area contributed by atoms with E-state index in [4.69, 9.17) is 10.2 Å². The number of aliphatic carboxylic acids is 1. The fraction of sp³-hybridized carbons (Fsp3) is 0.500. The van der Waals surface area contributed by atoms with Gasteiger partial charge in [-0.15, -0.1) is 11.3 Å². The molecule has 0 radical (unpaired) electrons. The molecule has 15 heavy (non-hydrogen) atoms. The molecular formula is C8H11NO5S. The predicted octanol–water partition coefficient (Wildman–Crippen LogP) is -0.496. The Kier molecular flexibility index (Phi) is 4.15. The van der Waals surface area contributed by atoms with Gasteiger partial charge >= 0.3 is 5.97 Å². The van der Waals surface area contributed by atoms with Crippen LogP contribution >= 0.6 is 11.3 Å². The number of aliphatic hydroxyl groups excluding tert-OH is 3. The van der Waals surface area contributed by atoms with Crippen LogP contribution < -0.4 is 0 Å². The van der Waals surface area contributed by atoms with E-state index >= 15 is 0 Å². The quantitative estimate of drug-likeness (QED) is 0.546. The SMILES string of the molecule is O=C(O)CC(O)C(O)c1ncc(CO)s1. The van der Waals surface area contributed by atoms with E-state index in [1.54, 1.807) is 0 Å². The molecule has 0 bridgehead atoms. The molecule has 1 aromatic rings. The first-order valence-electron chi connectivity index (χ1n) is 4.18. The Labute approximate surface area is 89.5 Å². The summed E-state index contributed by atoms with van der Waals surface area (Å²) in [4.78, 5) is 14.6. The van der Waals surface area contributed by atoms with Crippen LogP contribution in [-0.4, -0.2) is 37.5 Å². The molecule has 0 aliphatic rings. The molecule has 1 heterocycles. The summed E-state index contributed by atoms with van der Waals surface area (Å²) in [5.74, 6) is -1.19. The van der Waals surface area contributed by atoms with Gasteiger partial charge in [-0.1, -0.05) is 0 Å². The summed E-state index contributed by atoms with van der Waals surface area (Å²) in [6.45, 7) is -0.195. The van der Waals surface area contributed by atoms with E-state index in [0.717, 1.165) is 11.3 Å². The smallest absolute Gasteiger partial charge is 0.306 e. The fourth-order valence-corrected chi connectivity index (χ4v) is 1.81. The van der Waals surface area contributed by atoms with Crippen molar-refractivity contribution < 1.29 is 25.2 Å². The van der Waals surface area contributed by atoms with Crippen molar-refractivity contribution in [1.29, 1.82) is 0 Å². The number of carboxylic acids is 1. The Morgan fingerprint density at radius 1 is 1.53 bits per heavy atom. The summed E-state index contributed by atoms with van der Waals surface area (Å²) in [5.41, 5.74) is 0. The molecule has 7 heteroatoms. The average molecular weight is 233 g/mol. The third-order valence-electron chi connectivity index (χ3n) is 1.73. The maximum absolute atomic E-state index is 10.3. The van der Waals surface area contributed by atoms with Gasteiger partial charge in [0.05, 0.1) is 24.0 Å². The van der Waals surface area contributed by atoms with Crippen molar-refractivity contribution in [2.24, 2.45) is 0 Å². The highest BCUT2D eigenvalue weighted by Gasteiger charge is 2.23. The molecule has 0 aliphatic carbocycles. The van der Waals surface area contributed by atoms with E-state index in [9.17, 15) is 15.0 Å². The first-order chi connectivity index (χ1) is 7.04. The molecule has 0 saturated carbocycles. The molecule has 0 saturated heterocycles. The number of rotatable bonds is 5. The number of aliphatic hydroxyl groups is 3. The van der Waals surface area contributed by atoms with Gasteiger partial charge in [-0.3, -0.25) is 4.79 Å². The molecule has 0 amide bonds. The Morgan fingerprint density at radius 2 is 2.20 bits per heavy atom. The van der Waals surface area contributed by atoms with Crippen molar-refractivity contribution in [2.45, 2.75) is 25.2 Å². The molecule has 1 aromatic heterocycles. The van der Waals surface area contributed by atoms with Gasteiger partial charge in [0.2, 0.25) is 0 Å². The van der Waals surface area contributed by atoms with Crippen molar-refractivity contribution in [3.05, 3.63) is 16.1 Å². The van der Waals surface area contributed by atoms with E-state index in [-0.39, 0.29) is 11.6 Å². The van der Waals surface area contributed by atoms with Gasteiger partial charge in [-0.05, 0) is 0 Å². The maximum Gasteiger partial charge on any atom is 0.306 e. The molecule has 6 nitrogen and oxygen atoms in total.